The molecule has 0 amide bonds. The van der Waals surface area contributed by atoms with E-state index in [2.05, 4.69) is 25.1 Å². The van der Waals surface area contributed by atoms with Crippen molar-refractivity contribution in [1.82, 2.24) is 5.32 Å². The molecule has 0 saturated carbocycles. The van der Waals surface area contributed by atoms with E-state index in [1.165, 1.54) is 6.42 Å². The Hall–Kier alpha value is -0.170. The molecule has 3 unspecified atom stereocenters. The van der Waals surface area contributed by atoms with Gasteiger partial charge in [0.25, 0.3) is 0 Å². The highest BCUT2D eigenvalue weighted by Gasteiger charge is 2.25. The molecule has 1 fully saturated rings. The van der Waals surface area contributed by atoms with Gasteiger partial charge < -0.3 is 10.1 Å². The summed E-state index contributed by atoms with van der Waals surface area (Å²) in [6, 6.07) is 0. The van der Waals surface area contributed by atoms with Crippen molar-refractivity contribution in [3.63, 3.8) is 0 Å². The second-order valence-electron chi connectivity index (χ2n) is 3.68. The lowest BCUT2D eigenvalue weighted by Gasteiger charge is -2.18. The van der Waals surface area contributed by atoms with Crippen molar-refractivity contribution < 1.29 is 4.74 Å². The second kappa shape index (κ2) is 6.34. The lowest BCUT2D eigenvalue weighted by atomic mass is 10.3. The molecule has 0 aromatic carbocycles. The number of rotatable bonds is 5. The van der Waals surface area contributed by atoms with E-state index in [4.69, 9.17) is 11.2 Å². The summed E-state index contributed by atoms with van der Waals surface area (Å²) in [6.07, 6.45) is 6.76. The summed E-state index contributed by atoms with van der Waals surface area (Å²) in [7, 11) is 0. The summed E-state index contributed by atoms with van der Waals surface area (Å²) in [6.45, 7) is 6.97. The van der Waals surface area contributed by atoms with Gasteiger partial charge in [0.15, 0.2) is 0 Å². The molecule has 0 aromatic rings. The smallest absolute Gasteiger partial charge is 0.0666 e. The van der Waals surface area contributed by atoms with Gasteiger partial charge in [0.05, 0.1) is 12.6 Å². The minimum atomic E-state index is 0.412. The van der Waals surface area contributed by atoms with Crippen LogP contribution in [0.25, 0.3) is 0 Å². The van der Waals surface area contributed by atoms with E-state index < -0.39 is 0 Å². The molecule has 1 heterocycles. The zero-order valence-corrected chi connectivity index (χ0v) is 9.77. The van der Waals surface area contributed by atoms with Crippen LogP contribution >= 0.6 is 11.8 Å². The largest absolute Gasteiger partial charge is 0.377 e. The van der Waals surface area contributed by atoms with Gasteiger partial charge in [-0.25, -0.2) is 0 Å². The van der Waals surface area contributed by atoms with Gasteiger partial charge in [0.2, 0.25) is 0 Å². The van der Waals surface area contributed by atoms with Gasteiger partial charge in [-0.1, -0.05) is 12.8 Å². The zero-order chi connectivity index (χ0) is 10.4. The Bertz CT molecular complexity index is 202. The molecule has 3 atom stereocenters. The maximum Gasteiger partial charge on any atom is 0.0666 e. The highest BCUT2D eigenvalue weighted by molar-refractivity contribution is 8.00. The quantitative estimate of drug-likeness (QED) is 0.552. The molecule has 3 heteroatoms. The maximum absolute atomic E-state index is 5.52. The van der Waals surface area contributed by atoms with Crippen LogP contribution in [-0.2, 0) is 4.74 Å². The molecule has 0 aromatic heterocycles. The number of ether oxygens (including phenoxy) is 1. The van der Waals surface area contributed by atoms with Crippen LogP contribution in [0.3, 0.4) is 0 Å². The Balaban J connectivity index is 2.13. The van der Waals surface area contributed by atoms with E-state index in [1.54, 1.807) is 0 Å². The average Bonchev–Trinajstić information content (AvgIpc) is 2.52. The first-order chi connectivity index (χ1) is 6.74. The molecule has 0 spiro atoms. The Kier molecular flexibility index (Phi) is 5.39. The normalized spacial score (nSPS) is 28.6. The molecule has 80 valence electrons. The summed E-state index contributed by atoms with van der Waals surface area (Å²) in [5.74, 6) is 2.58. The minimum Gasteiger partial charge on any atom is -0.377 e. The third kappa shape index (κ3) is 3.91. The van der Waals surface area contributed by atoms with Gasteiger partial charge in [0.1, 0.15) is 0 Å². The van der Waals surface area contributed by atoms with Gasteiger partial charge in [0, 0.05) is 23.7 Å². The second-order valence-corrected chi connectivity index (χ2v) is 5.37. The maximum atomic E-state index is 5.52. The predicted molar refractivity (Wildman–Crippen MR) is 62.6 cm³/mol. The van der Waals surface area contributed by atoms with Crippen LogP contribution in [0, 0.1) is 12.3 Å². The van der Waals surface area contributed by atoms with E-state index in [9.17, 15) is 0 Å². The van der Waals surface area contributed by atoms with Gasteiger partial charge >= 0.3 is 0 Å². The van der Waals surface area contributed by atoms with E-state index >= 15 is 0 Å². The number of thioether (sulfide) groups is 1. The van der Waals surface area contributed by atoms with Crippen molar-refractivity contribution in [1.29, 1.82) is 0 Å². The van der Waals surface area contributed by atoms with Crippen LogP contribution in [0.2, 0.25) is 0 Å². The fourth-order valence-electron chi connectivity index (χ4n) is 1.58. The van der Waals surface area contributed by atoms with Crippen molar-refractivity contribution in [3.05, 3.63) is 0 Å². The molecule has 2 nitrogen and oxygen atoms in total. The van der Waals surface area contributed by atoms with Crippen LogP contribution in [0.1, 0.15) is 20.3 Å². The fraction of sp³-hybridized carbons (Fsp3) is 0.818. The van der Waals surface area contributed by atoms with E-state index in [1.807, 2.05) is 11.8 Å². The molecule has 14 heavy (non-hydrogen) atoms. The lowest BCUT2D eigenvalue weighted by molar-refractivity contribution is 0.127. The topological polar surface area (TPSA) is 21.3 Å². The molecule has 0 radical (unpaired) electrons. The van der Waals surface area contributed by atoms with Crippen molar-refractivity contribution in [2.45, 2.75) is 36.9 Å². The van der Waals surface area contributed by atoms with Gasteiger partial charge in [-0.3, -0.25) is 0 Å². The van der Waals surface area contributed by atoms with Crippen molar-refractivity contribution in [2.24, 2.45) is 0 Å². The highest BCUT2D eigenvalue weighted by atomic mass is 32.2. The summed E-state index contributed by atoms with van der Waals surface area (Å²) in [5.41, 5.74) is 0. The predicted octanol–water partition coefficient (Wildman–Crippen LogP) is 1.51. The first-order valence-corrected chi connectivity index (χ1v) is 6.09. The first kappa shape index (κ1) is 11.9. The molecular weight excluding hydrogens is 194 g/mol. The molecule has 1 N–H and O–H groups in total. The van der Waals surface area contributed by atoms with Crippen molar-refractivity contribution in [3.8, 4) is 12.3 Å². The molecule has 1 aliphatic rings. The molecule has 1 rings (SSSR count). The third-order valence-corrected chi connectivity index (χ3v) is 3.97. The van der Waals surface area contributed by atoms with Crippen LogP contribution < -0.4 is 5.32 Å². The molecule has 0 bridgehead atoms. The SMILES string of the molecule is C#CCNCC(C)SC1CCOC1C. The van der Waals surface area contributed by atoms with Gasteiger partial charge in [-0.15, -0.1) is 6.42 Å². The Morgan fingerprint density at radius 3 is 3.07 bits per heavy atom. The Morgan fingerprint density at radius 2 is 2.50 bits per heavy atom. The molecule has 1 aliphatic heterocycles. The Morgan fingerprint density at radius 1 is 1.71 bits per heavy atom. The summed E-state index contributed by atoms with van der Waals surface area (Å²) in [4.78, 5) is 0. The standard InChI is InChI=1S/C11H19NOS/c1-4-6-12-8-9(2)14-11-5-7-13-10(11)3/h1,9-12H,5-8H2,2-3H3. The summed E-state index contributed by atoms with van der Waals surface area (Å²) < 4.78 is 5.52. The summed E-state index contributed by atoms with van der Waals surface area (Å²) >= 11 is 2.01. The number of terminal acetylenes is 1. The number of hydrogen-bond donors (Lipinski definition) is 1. The van der Waals surface area contributed by atoms with Crippen LogP contribution in [0.5, 0.6) is 0 Å². The minimum absolute atomic E-state index is 0.412. The van der Waals surface area contributed by atoms with Crippen molar-refractivity contribution >= 4 is 11.8 Å². The average molecular weight is 213 g/mol. The van der Waals surface area contributed by atoms with E-state index in [0.29, 0.717) is 23.1 Å². The fourth-order valence-corrected chi connectivity index (χ4v) is 2.93. The van der Waals surface area contributed by atoms with Gasteiger partial charge in [-0.05, 0) is 13.3 Å². The van der Waals surface area contributed by atoms with Crippen LogP contribution in [0.4, 0.5) is 0 Å². The van der Waals surface area contributed by atoms with Crippen LogP contribution in [-0.4, -0.2) is 36.3 Å². The zero-order valence-electron chi connectivity index (χ0n) is 8.95. The highest BCUT2D eigenvalue weighted by Crippen LogP contribution is 2.29. The first-order valence-electron chi connectivity index (χ1n) is 5.15. The van der Waals surface area contributed by atoms with Crippen LogP contribution in [0.15, 0.2) is 0 Å². The molecular formula is C11H19NOS. The monoisotopic (exact) mass is 213 g/mol. The van der Waals surface area contributed by atoms with Crippen molar-refractivity contribution in [2.75, 3.05) is 19.7 Å². The van der Waals surface area contributed by atoms with E-state index in [0.717, 1.165) is 13.2 Å². The lowest BCUT2D eigenvalue weighted by Crippen LogP contribution is -2.26. The van der Waals surface area contributed by atoms with Gasteiger partial charge in [-0.2, -0.15) is 11.8 Å². The molecule has 1 saturated heterocycles. The number of hydrogen-bond acceptors (Lipinski definition) is 3. The molecule has 0 aliphatic carbocycles. The Labute approximate surface area is 91.2 Å². The summed E-state index contributed by atoms with van der Waals surface area (Å²) in [5, 5.41) is 4.50. The number of nitrogens with one attached hydrogen (secondary N) is 1. The van der Waals surface area contributed by atoms with E-state index in [-0.39, 0.29) is 0 Å². The third-order valence-electron chi connectivity index (χ3n) is 2.37.